The van der Waals surface area contributed by atoms with Gasteiger partial charge in [0.05, 0.1) is 5.56 Å². The minimum atomic E-state index is -1.12. The maximum Gasteiger partial charge on any atom is 0.354 e. The molecule has 13 heavy (non-hydrogen) atoms. The maximum atomic E-state index is 11.2. The molecule has 1 aromatic rings. The highest BCUT2D eigenvalue weighted by Gasteiger charge is 2.26. The van der Waals surface area contributed by atoms with Gasteiger partial charge in [0.1, 0.15) is 5.69 Å². The average Bonchev–Trinajstić information content (AvgIpc) is 2.28. The molecule has 72 valence electrons. The number of nitrogens with one attached hydrogen (secondary N) is 2. The summed E-state index contributed by atoms with van der Waals surface area (Å²) < 4.78 is 0. The zero-order valence-electron chi connectivity index (χ0n) is 7.76. The first-order valence-corrected chi connectivity index (χ1v) is 3.88. The van der Waals surface area contributed by atoms with Crippen LogP contribution in [0.3, 0.4) is 0 Å². The second kappa shape index (κ2) is 2.76. The van der Waals surface area contributed by atoms with Crippen LogP contribution in [0.1, 0.15) is 36.8 Å². The molecular weight excluding hydrogens is 172 g/mol. The fourth-order valence-electron chi connectivity index (χ4n) is 1.23. The predicted molar refractivity (Wildman–Crippen MR) is 47.1 cm³/mol. The van der Waals surface area contributed by atoms with Crippen LogP contribution in [-0.2, 0) is 5.41 Å². The van der Waals surface area contributed by atoms with Crippen molar-refractivity contribution in [3.8, 4) is 0 Å². The van der Waals surface area contributed by atoms with Crippen LogP contribution in [0.25, 0.3) is 0 Å². The van der Waals surface area contributed by atoms with Crippen molar-refractivity contribution >= 4 is 5.97 Å². The summed E-state index contributed by atoms with van der Waals surface area (Å²) in [5, 5.41) is 13.4. The van der Waals surface area contributed by atoms with Crippen molar-refractivity contribution in [2.24, 2.45) is 0 Å². The molecule has 0 saturated heterocycles. The second-order valence-corrected chi connectivity index (χ2v) is 3.88. The molecule has 5 nitrogen and oxygen atoms in total. The molecule has 0 spiro atoms. The highest BCUT2D eigenvalue weighted by molar-refractivity contribution is 5.87. The van der Waals surface area contributed by atoms with E-state index < -0.39 is 11.4 Å². The van der Waals surface area contributed by atoms with Gasteiger partial charge in [-0.25, -0.2) is 4.79 Å². The van der Waals surface area contributed by atoms with Crippen LogP contribution in [0.4, 0.5) is 0 Å². The zero-order chi connectivity index (χ0) is 10.2. The van der Waals surface area contributed by atoms with Crippen molar-refractivity contribution < 1.29 is 9.90 Å². The molecule has 0 saturated carbocycles. The third kappa shape index (κ3) is 1.63. The second-order valence-electron chi connectivity index (χ2n) is 3.88. The van der Waals surface area contributed by atoms with Crippen molar-refractivity contribution in [1.29, 1.82) is 0 Å². The normalized spacial score (nSPS) is 11.6. The Hall–Kier alpha value is -1.52. The summed E-state index contributed by atoms with van der Waals surface area (Å²) in [6, 6.07) is 0. The molecule has 0 radical (unpaired) electrons. The van der Waals surface area contributed by atoms with E-state index >= 15 is 0 Å². The van der Waals surface area contributed by atoms with Gasteiger partial charge in [0.15, 0.2) is 0 Å². The van der Waals surface area contributed by atoms with Gasteiger partial charge in [-0.15, -0.1) is 0 Å². The first-order valence-electron chi connectivity index (χ1n) is 3.88. The lowest BCUT2D eigenvalue weighted by atomic mass is 9.87. The summed E-state index contributed by atoms with van der Waals surface area (Å²) in [6.07, 6.45) is 0. The Kier molecular flexibility index (Phi) is 2.03. The Bertz CT molecular complexity index is 381. The number of carboxylic acids is 1. The number of rotatable bonds is 1. The van der Waals surface area contributed by atoms with Gasteiger partial charge < -0.3 is 5.11 Å². The first kappa shape index (κ1) is 9.57. The van der Waals surface area contributed by atoms with Gasteiger partial charge in [-0.3, -0.25) is 15.0 Å². The van der Waals surface area contributed by atoms with Gasteiger partial charge >= 0.3 is 5.97 Å². The number of aromatic amines is 2. The van der Waals surface area contributed by atoms with Crippen LogP contribution < -0.4 is 5.56 Å². The minimum Gasteiger partial charge on any atom is -0.477 e. The molecule has 0 fully saturated rings. The number of aromatic carboxylic acids is 1. The lowest BCUT2D eigenvalue weighted by Crippen LogP contribution is -2.23. The van der Waals surface area contributed by atoms with E-state index in [1.165, 1.54) is 0 Å². The predicted octanol–water partition coefficient (Wildman–Crippen LogP) is 0.699. The largest absolute Gasteiger partial charge is 0.477 e. The molecular formula is C8H12N2O3. The average molecular weight is 184 g/mol. The third-order valence-electron chi connectivity index (χ3n) is 1.74. The standard InChI is InChI=1S/C8H12N2O3/c1-8(2,3)4-5(7(12)13)9-10-6(4)11/h1-3H3,(H,12,13)(H2,9,10,11). The van der Waals surface area contributed by atoms with Crippen molar-refractivity contribution in [1.82, 2.24) is 10.2 Å². The fraction of sp³-hybridized carbons (Fsp3) is 0.500. The molecule has 0 unspecified atom stereocenters. The molecule has 0 aliphatic heterocycles. The van der Waals surface area contributed by atoms with Crippen molar-refractivity contribution in [2.75, 3.05) is 0 Å². The highest BCUT2D eigenvalue weighted by atomic mass is 16.4. The summed E-state index contributed by atoms with van der Waals surface area (Å²) in [5.74, 6) is -1.12. The Morgan fingerprint density at radius 1 is 1.31 bits per heavy atom. The lowest BCUT2D eigenvalue weighted by Gasteiger charge is -2.15. The number of aromatic nitrogens is 2. The summed E-state index contributed by atoms with van der Waals surface area (Å²) in [7, 11) is 0. The molecule has 0 aliphatic rings. The summed E-state index contributed by atoms with van der Waals surface area (Å²) in [6.45, 7) is 5.37. The zero-order valence-corrected chi connectivity index (χ0v) is 7.76. The molecule has 1 rings (SSSR count). The van der Waals surface area contributed by atoms with Crippen molar-refractivity contribution in [3.63, 3.8) is 0 Å². The molecule has 0 aliphatic carbocycles. The van der Waals surface area contributed by atoms with Gasteiger partial charge in [0.25, 0.3) is 5.56 Å². The van der Waals surface area contributed by atoms with E-state index in [0.29, 0.717) is 0 Å². The monoisotopic (exact) mass is 184 g/mol. The van der Waals surface area contributed by atoms with E-state index in [2.05, 4.69) is 10.2 Å². The molecule has 0 bridgehead atoms. The number of H-pyrrole nitrogens is 2. The Morgan fingerprint density at radius 2 is 1.85 bits per heavy atom. The van der Waals surface area contributed by atoms with Crippen molar-refractivity contribution in [3.05, 3.63) is 21.6 Å². The van der Waals surface area contributed by atoms with Crippen LogP contribution in [-0.4, -0.2) is 21.3 Å². The lowest BCUT2D eigenvalue weighted by molar-refractivity contribution is 0.0687. The third-order valence-corrected chi connectivity index (χ3v) is 1.74. The molecule has 0 atom stereocenters. The summed E-state index contributed by atoms with van der Waals surface area (Å²) in [5.41, 5.74) is -0.621. The van der Waals surface area contributed by atoms with Gasteiger partial charge in [-0.2, -0.15) is 0 Å². The minimum absolute atomic E-state index is 0.0579. The van der Waals surface area contributed by atoms with E-state index in [9.17, 15) is 9.59 Å². The van der Waals surface area contributed by atoms with E-state index in [1.54, 1.807) is 20.8 Å². The number of hydrogen-bond acceptors (Lipinski definition) is 2. The van der Waals surface area contributed by atoms with E-state index in [4.69, 9.17) is 5.11 Å². The van der Waals surface area contributed by atoms with Crippen LogP contribution in [0, 0.1) is 0 Å². The van der Waals surface area contributed by atoms with Gasteiger partial charge in [0, 0.05) is 0 Å². The van der Waals surface area contributed by atoms with Crippen LogP contribution >= 0.6 is 0 Å². The number of carbonyl (C=O) groups is 1. The molecule has 0 aromatic carbocycles. The molecule has 5 heteroatoms. The SMILES string of the molecule is CC(C)(C)c1c(C(=O)O)[nH][nH]c1=O. The van der Waals surface area contributed by atoms with E-state index in [-0.39, 0.29) is 16.8 Å². The van der Waals surface area contributed by atoms with Crippen LogP contribution in [0.2, 0.25) is 0 Å². The number of hydrogen-bond donors (Lipinski definition) is 3. The summed E-state index contributed by atoms with van der Waals surface area (Å²) in [4.78, 5) is 21.9. The van der Waals surface area contributed by atoms with E-state index in [0.717, 1.165) is 0 Å². The summed E-state index contributed by atoms with van der Waals surface area (Å²) >= 11 is 0. The fourth-order valence-corrected chi connectivity index (χ4v) is 1.23. The Morgan fingerprint density at radius 3 is 2.15 bits per heavy atom. The molecule has 1 aromatic heterocycles. The number of carboxylic acid groups (broad SMARTS) is 1. The molecule has 1 heterocycles. The Labute approximate surface area is 74.8 Å². The van der Waals surface area contributed by atoms with Gasteiger partial charge in [-0.05, 0) is 5.41 Å². The van der Waals surface area contributed by atoms with Crippen molar-refractivity contribution in [2.45, 2.75) is 26.2 Å². The quantitative estimate of drug-likeness (QED) is 0.600. The van der Waals surface area contributed by atoms with Gasteiger partial charge in [0.2, 0.25) is 0 Å². The maximum absolute atomic E-state index is 11.2. The van der Waals surface area contributed by atoms with Crippen LogP contribution in [0.5, 0.6) is 0 Å². The highest BCUT2D eigenvalue weighted by Crippen LogP contribution is 2.20. The Balaban J connectivity index is 3.42. The first-order chi connectivity index (χ1) is 5.84. The van der Waals surface area contributed by atoms with E-state index in [1.807, 2.05) is 0 Å². The molecule has 0 amide bonds. The smallest absolute Gasteiger partial charge is 0.354 e. The molecule has 3 N–H and O–H groups in total. The van der Waals surface area contributed by atoms with Crippen LogP contribution in [0.15, 0.2) is 4.79 Å². The van der Waals surface area contributed by atoms with Gasteiger partial charge in [-0.1, -0.05) is 20.8 Å². The topological polar surface area (TPSA) is 85.9 Å².